The Morgan fingerprint density at radius 1 is 1.19 bits per heavy atom. The van der Waals surface area contributed by atoms with Gasteiger partial charge in [-0.1, -0.05) is 0 Å². The van der Waals surface area contributed by atoms with Crippen molar-refractivity contribution in [2.24, 2.45) is 0 Å². The van der Waals surface area contributed by atoms with Crippen molar-refractivity contribution in [2.45, 2.75) is 13.0 Å². The molecule has 0 atom stereocenters. The molecule has 2 fully saturated rings. The van der Waals surface area contributed by atoms with Crippen LogP contribution in [-0.2, 0) is 0 Å². The zero-order chi connectivity index (χ0) is 17.8. The number of fused-ring (bicyclic) bond motifs is 1. The minimum Gasteiger partial charge on any atom is -0.352 e. The molecule has 0 aromatic carbocycles. The van der Waals surface area contributed by atoms with Gasteiger partial charge < -0.3 is 9.80 Å². The largest absolute Gasteiger partial charge is 0.352 e. The first-order valence-electron chi connectivity index (χ1n) is 8.73. The Bertz CT molecular complexity index is 986. The molecule has 2 aliphatic rings. The standard InChI is InChI=1S/C17H20N8O/c1-12-7-16(25-15(20-12)3-4-18-25)22-9-14(10-22)24-11-13(8-19-24)23-6-5-21(2)17(23)26/h3-4,7-8,11,14H,5-6,9-10H2,1-2H3. The lowest BCUT2D eigenvalue weighted by Gasteiger charge is -2.40. The predicted octanol–water partition coefficient (Wildman–Crippen LogP) is 1.17. The molecule has 0 bridgehead atoms. The van der Waals surface area contributed by atoms with E-state index in [1.165, 1.54) is 0 Å². The monoisotopic (exact) mass is 352 g/mol. The predicted molar refractivity (Wildman–Crippen MR) is 96.6 cm³/mol. The summed E-state index contributed by atoms with van der Waals surface area (Å²) in [7, 11) is 1.82. The van der Waals surface area contributed by atoms with Crippen LogP contribution in [-0.4, -0.2) is 68.5 Å². The van der Waals surface area contributed by atoms with E-state index in [1.807, 2.05) is 35.4 Å². The van der Waals surface area contributed by atoms with Crippen LogP contribution in [0.3, 0.4) is 0 Å². The van der Waals surface area contributed by atoms with Gasteiger partial charge in [-0.3, -0.25) is 9.58 Å². The van der Waals surface area contributed by atoms with Crippen molar-refractivity contribution in [1.82, 2.24) is 29.3 Å². The number of anilines is 2. The van der Waals surface area contributed by atoms with Crippen molar-refractivity contribution in [1.29, 1.82) is 0 Å². The number of urea groups is 1. The number of carbonyl (C=O) groups excluding carboxylic acids is 1. The Morgan fingerprint density at radius 2 is 2.04 bits per heavy atom. The fraction of sp³-hybridized carbons (Fsp3) is 0.412. The van der Waals surface area contributed by atoms with Crippen LogP contribution in [0.2, 0.25) is 0 Å². The molecule has 5 heterocycles. The van der Waals surface area contributed by atoms with Gasteiger partial charge in [-0.2, -0.15) is 14.7 Å². The summed E-state index contributed by atoms with van der Waals surface area (Å²) in [4.78, 5) is 22.4. The summed E-state index contributed by atoms with van der Waals surface area (Å²) in [5, 5.41) is 8.86. The Labute approximate surface area is 150 Å². The number of amides is 2. The SMILES string of the molecule is Cc1cc(N2CC(n3cc(N4CCN(C)C4=O)cn3)C2)n2nccc2n1. The normalized spacial score (nSPS) is 18.2. The van der Waals surface area contributed by atoms with Gasteiger partial charge in [0, 0.05) is 57.3 Å². The highest BCUT2D eigenvalue weighted by Gasteiger charge is 2.33. The molecule has 9 nitrogen and oxygen atoms in total. The van der Waals surface area contributed by atoms with Gasteiger partial charge in [-0.25, -0.2) is 9.78 Å². The highest BCUT2D eigenvalue weighted by Crippen LogP contribution is 2.29. The number of aryl methyl sites for hydroxylation is 1. The third kappa shape index (κ3) is 2.23. The van der Waals surface area contributed by atoms with E-state index in [0.29, 0.717) is 12.6 Å². The van der Waals surface area contributed by atoms with Crippen LogP contribution in [0.25, 0.3) is 5.65 Å². The van der Waals surface area contributed by atoms with Crippen molar-refractivity contribution in [3.8, 4) is 0 Å². The molecule has 0 N–H and O–H groups in total. The van der Waals surface area contributed by atoms with Crippen LogP contribution < -0.4 is 9.80 Å². The number of hydrogen-bond donors (Lipinski definition) is 0. The Hall–Kier alpha value is -3.10. The smallest absolute Gasteiger partial charge is 0.324 e. The van der Waals surface area contributed by atoms with E-state index in [9.17, 15) is 4.79 Å². The minimum atomic E-state index is 0.0353. The summed E-state index contributed by atoms with van der Waals surface area (Å²) in [5.74, 6) is 1.05. The first-order valence-corrected chi connectivity index (χ1v) is 8.73. The van der Waals surface area contributed by atoms with Gasteiger partial charge in [0.15, 0.2) is 5.65 Å². The minimum absolute atomic E-state index is 0.0353. The van der Waals surface area contributed by atoms with E-state index in [-0.39, 0.29) is 6.03 Å². The first kappa shape index (κ1) is 15.2. The molecule has 2 amide bonds. The van der Waals surface area contributed by atoms with Crippen molar-refractivity contribution in [3.63, 3.8) is 0 Å². The molecule has 0 saturated carbocycles. The molecule has 9 heteroatoms. The van der Waals surface area contributed by atoms with Crippen molar-refractivity contribution >= 4 is 23.2 Å². The molecule has 3 aromatic rings. The number of likely N-dealkylation sites (N-methyl/N-ethyl adjacent to an activating group) is 1. The van der Waals surface area contributed by atoms with Crippen LogP contribution in [0.15, 0.2) is 30.7 Å². The number of carbonyl (C=O) groups is 1. The molecular formula is C17H20N8O. The lowest BCUT2D eigenvalue weighted by molar-refractivity contribution is 0.229. The molecule has 134 valence electrons. The van der Waals surface area contributed by atoms with Gasteiger partial charge in [-0.05, 0) is 6.92 Å². The van der Waals surface area contributed by atoms with Gasteiger partial charge in [0.2, 0.25) is 0 Å². The fourth-order valence-corrected chi connectivity index (χ4v) is 3.61. The molecule has 0 unspecified atom stereocenters. The fourth-order valence-electron chi connectivity index (χ4n) is 3.61. The van der Waals surface area contributed by atoms with Crippen molar-refractivity contribution in [3.05, 3.63) is 36.4 Å². The molecule has 0 radical (unpaired) electrons. The third-order valence-electron chi connectivity index (χ3n) is 5.15. The zero-order valence-electron chi connectivity index (χ0n) is 14.8. The van der Waals surface area contributed by atoms with E-state index in [1.54, 1.807) is 22.2 Å². The van der Waals surface area contributed by atoms with E-state index in [4.69, 9.17) is 0 Å². The van der Waals surface area contributed by atoms with Gasteiger partial charge >= 0.3 is 6.03 Å². The van der Waals surface area contributed by atoms with Crippen LogP contribution in [0.1, 0.15) is 11.7 Å². The van der Waals surface area contributed by atoms with Crippen LogP contribution >= 0.6 is 0 Å². The summed E-state index contributed by atoms with van der Waals surface area (Å²) in [6, 6.07) is 4.30. The number of hydrogen-bond acceptors (Lipinski definition) is 5. The maximum atomic E-state index is 12.1. The van der Waals surface area contributed by atoms with Gasteiger partial charge in [0.05, 0.1) is 24.1 Å². The van der Waals surface area contributed by atoms with Crippen LogP contribution in [0, 0.1) is 6.92 Å². The summed E-state index contributed by atoms with van der Waals surface area (Å²) < 4.78 is 3.84. The van der Waals surface area contributed by atoms with Crippen LogP contribution in [0.4, 0.5) is 16.3 Å². The second-order valence-corrected chi connectivity index (χ2v) is 6.95. The number of nitrogens with zero attached hydrogens (tertiary/aromatic N) is 8. The zero-order valence-corrected chi connectivity index (χ0v) is 14.8. The highest BCUT2D eigenvalue weighted by molar-refractivity contribution is 5.93. The highest BCUT2D eigenvalue weighted by atomic mass is 16.2. The van der Waals surface area contributed by atoms with Gasteiger partial charge in [-0.15, -0.1) is 0 Å². The topological polar surface area (TPSA) is 74.8 Å². The van der Waals surface area contributed by atoms with E-state index in [2.05, 4.69) is 26.1 Å². The first-order chi connectivity index (χ1) is 12.6. The van der Waals surface area contributed by atoms with E-state index >= 15 is 0 Å². The van der Waals surface area contributed by atoms with Gasteiger partial charge in [0.1, 0.15) is 5.82 Å². The molecule has 2 saturated heterocycles. The Kier molecular flexibility index (Phi) is 3.18. The molecule has 3 aromatic heterocycles. The number of rotatable bonds is 3. The average molecular weight is 352 g/mol. The summed E-state index contributed by atoms with van der Waals surface area (Å²) in [6.45, 7) is 5.17. The lowest BCUT2D eigenvalue weighted by Crippen LogP contribution is -2.48. The summed E-state index contributed by atoms with van der Waals surface area (Å²) in [5.41, 5.74) is 2.71. The van der Waals surface area contributed by atoms with Crippen molar-refractivity contribution < 1.29 is 4.79 Å². The Balaban J connectivity index is 1.33. The summed E-state index contributed by atoms with van der Waals surface area (Å²) in [6.07, 6.45) is 5.52. The summed E-state index contributed by atoms with van der Waals surface area (Å²) >= 11 is 0. The Morgan fingerprint density at radius 3 is 2.81 bits per heavy atom. The quantitative estimate of drug-likeness (QED) is 0.707. The molecule has 5 rings (SSSR count). The lowest BCUT2D eigenvalue weighted by atomic mass is 10.1. The second-order valence-electron chi connectivity index (χ2n) is 6.95. The molecule has 2 aliphatic heterocycles. The van der Waals surface area contributed by atoms with Crippen LogP contribution in [0.5, 0.6) is 0 Å². The number of aromatic nitrogens is 5. The van der Waals surface area contributed by atoms with Gasteiger partial charge in [0.25, 0.3) is 0 Å². The van der Waals surface area contributed by atoms with Crippen molar-refractivity contribution in [2.75, 3.05) is 43.0 Å². The maximum Gasteiger partial charge on any atom is 0.324 e. The van der Waals surface area contributed by atoms with E-state index < -0.39 is 0 Å². The average Bonchev–Trinajstić information content (AvgIpc) is 3.28. The molecular weight excluding hydrogens is 332 g/mol. The molecule has 26 heavy (non-hydrogen) atoms. The molecule has 0 spiro atoms. The molecule has 0 aliphatic carbocycles. The maximum absolute atomic E-state index is 12.1. The third-order valence-corrected chi connectivity index (χ3v) is 5.15. The second kappa shape index (κ2) is 5.45. The van der Waals surface area contributed by atoms with E-state index in [0.717, 1.165) is 42.5 Å².